The van der Waals surface area contributed by atoms with E-state index in [0.717, 1.165) is 36.8 Å². The second-order valence-electron chi connectivity index (χ2n) is 9.61. The Morgan fingerprint density at radius 1 is 1.00 bits per heavy atom. The largest absolute Gasteiger partial charge is 0.494 e. The van der Waals surface area contributed by atoms with Crippen LogP contribution in [0.15, 0.2) is 72.8 Å². The Bertz CT molecular complexity index is 1270. The average molecular weight is 470 g/mol. The fraction of sp³-hybridized carbons (Fsp3) is 0.300. The molecule has 0 N–H and O–H groups in total. The molecule has 2 bridgehead atoms. The molecule has 2 aliphatic heterocycles. The van der Waals surface area contributed by atoms with Gasteiger partial charge in [-0.2, -0.15) is 0 Å². The number of piperidine rings is 1. The van der Waals surface area contributed by atoms with Crippen LogP contribution in [0.3, 0.4) is 0 Å². The second kappa shape index (κ2) is 8.88. The smallest absolute Gasteiger partial charge is 0.410 e. The van der Waals surface area contributed by atoms with Gasteiger partial charge in [0.2, 0.25) is 0 Å². The summed E-state index contributed by atoms with van der Waals surface area (Å²) in [4.78, 5) is 15.3. The summed E-state index contributed by atoms with van der Waals surface area (Å²) in [6.07, 6.45) is 5.57. The summed E-state index contributed by atoms with van der Waals surface area (Å²) in [5.74, 6) is -0.0746. The van der Waals surface area contributed by atoms with Gasteiger partial charge in [0.25, 0.3) is 0 Å². The Morgan fingerprint density at radius 3 is 2.40 bits per heavy atom. The van der Waals surface area contributed by atoms with Crippen molar-refractivity contribution < 1.29 is 18.7 Å². The fourth-order valence-electron chi connectivity index (χ4n) is 6.06. The lowest BCUT2D eigenvalue weighted by atomic mass is 9.83. The first kappa shape index (κ1) is 21.9. The van der Waals surface area contributed by atoms with E-state index in [1.165, 1.54) is 35.4 Å². The molecule has 0 radical (unpaired) electrons. The first-order valence-electron chi connectivity index (χ1n) is 12.3. The van der Waals surface area contributed by atoms with Gasteiger partial charge < -0.3 is 9.47 Å². The number of fused-ring (bicyclic) bond motifs is 5. The minimum absolute atomic E-state index is 0.0100. The Balaban J connectivity index is 1.22. The molecule has 2 atom stereocenters. The quantitative estimate of drug-likeness (QED) is 0.422. The Labute approximate surface area is 205 Å². The zero-order chi connectivity index (χ0) is 23.9. The van der Waals surface area contributed by atoms with Crippen molar-refractivity contribution in [3.05, 3.63) is 95.3 Å². The van der Waals surface area contributed by atoms with Gasteiger partial charge in [-0.15, -0.1) is 0 Å². The van der Waals surface area contributed by atoms with Gasteiger partial charge in [0.05, 0.1) is 13.2 Å². The molecule has 6 rings (SSSR count). The van der Waals surface area contributed by atoms with E-state index < -0.39 is 0 Å². The molecule has 2 unspecified atom stereocenters. The van der Waals surface area contributed by atoms with Crippen LogP contribution in [0, 0.1) is 5.82 Å². The molecule has 3 aliphatic rings. The number of carbonyl (C=O) groups is 1. The van der Waals surface area contributed by atoms with Gasteiger partial charge in [-0.25, -0.2) is 9.18 Å². The summed E-state index contributed by atoms with van der Waals surface area (Å²) in [5, 5.41) is 0. The van der Waals surface area contributed by atoms with E-state index in [4.69, 9.17) is 9.47 Å². The van der Waals surface area contributed by atoms with E-state index in [1.807, 2.05) is 17.0 Å². The number of ether oxygens (including phenoxy) is 2. The van der Waals surface area contributed by atoms with E-state index in [2.05, 4.69) is 42.5 Å². The van der Waals surface area contributed by atoms with Crippen LogP contribution in [0.4, 0.5) is 9.18 Å². The molecule has 3 aromatic rings. The highest BCUT2D eigenvalue weighted by Gasteiger charge is 2.39. The molecule has 1 saturated heterocycles. The van der Waals surface area contributed by atoms with Crippen molar-refractivity contribution >= 4 is 11.7 Å². The summed E-state index contributed by atoms with van der Waals surface area (Å²) < 4.78 is 25.1. The Hall–Kier alpha value is -3.60. The first-order valence-corrected chi connectivity index (χ1v) is 12.3. The molecule has 178 valence electrons. The molecular formula is C30H28FNO3. The summed E-state index contributed by atoms with van der Waals surface area (Å²) in [6, 6.07) is 21.8. The van der Waals surface area contributed by atoms with Gasteiger partial charge in [0.1, 0.15) is 6.61 Å². The number of halogens is 1. The van der Waals surface area contributed by atoms with Gasteiger partial charge in [-0.05, 0) is 71.2 Å². The lowest BCUT2D eigenvalue weighted by Gasteiger charge is -2.44. The van der Waals surface area contributed by atoms with Crippen molar-refractivity contribution in [1.82, 2.24) is 4.90 Å². The molecule has 4 nitrogen and oxygen atoms in total. The summed E-state index contributed by atoms with van der Waals surface area (Å²) in [6.45, 7) is 0.328. The number of amides is 1. The summed E-state index contributed by atoms with van der Waals surface area (Å²) >= 11 is 0. The van der Waals surface area contributed by atoms with E-state index >= 15 is 0 Å². The number of hydrogen-bond acceptors (Lipinski definition) is 3. The third-order valence-corrected chi connectivity index (χ3v) is 7.71. The molecule has 0 spiro atoms. The van der Waals surface area contributed by atoms with Gasteiger partial charge in [0, 0.05) is 12.0 Å². The third kappa shape index (κ3) is 3.79. The van der Waals surface area contributed by atoms with Crippen molar-refractivity contribution in [3.63, 3.8) is 0 Å². The molecule has 0 saturated carbocycles. The zero-order valence-corrected chi connectivity index (χ0v) is 19.7. The van der Waals surface area contributed by atoms with Crippen LogP contribution in [0.25, 0.3) is 16.7 Å². The molecular weight excluding hydrogens is 441 g/mol. The number of carbonyl (C=O) groups excluding carboxylic acids is 1. The number of methoxy groups -OCH3 is 1. The predicted octanol–water partition coefficient (Wildman–Crippen LogP) is 6.79. The average Bonchev–Trinajstić information content (AvgIpc) is 3.20. The maximum atomic E-state index is 13.9. The zero-order valence-electron chi connectivity index (χ0n) is 19.7. The molecule has 1 amide bonds. The van der Waals surface area contributed by atoms with Crippen LogP contribution in [-0.4, -0.2) is 36.8 Å². The first-order chi connectivity index (χ1) is 17.1. The summed E-state index contributed by atoms with van der Waals surface area (Å²) in [5.41, 5.74) is 6.97. The lowest BCUT2D eigenvalue weighted by molar-refractivity contribution is 0.0539. The second-order valence-corrected chi connectivity index (χ2v) is 9.61. The molecule has 1 aliphatic carbocycles. The highest BCUT2D eigenvalue weighted by Crippen LogP contribution is 2.45. The highest BCUT2D eigenvalue weighted by atomic mass is 19.1. The van der Waals surface area contributed by atoms with Crippen molar-refractivity contribution in [2.24, 2.45) is 0 Å². The number of hydrogen-bond donors (Lipinski definition) is 0. The minimum Gasteiger partial charge on any atom is -0.494 e. The maximum absolute atomic E-state index is 13.9. The van der Waals surface area contributed by atoms with Gasteiger partial charge >= 0.3 is 6.09 Å². The highest BCUT2D eigenvalue weighted by molar-refractivity contribution is 5.79. The van der Waals surface area contributed by atoms with Gasteiger partial charge in [-0.1, -0.05) is 60.7 Å². The lowest BCUT2D eigenvalue weighted by Crippen LogP contribution is -2.51. The normalized spacial score (nSPS) is 20.6. The van der Waals surface area contributed by atoms with Crippen LogP contribution < -0.4 is 4.74 Å². The summed E-state index contributed by atoms with van der Waals surface area (Å²) in [7, 11) is 1.48. The van der Waals surface area contributed by atoms with Crippen molar-refractivity contribution in [2.75, 3.05) is 13.7 Å². The Kier molecular flexibility index (Phi) is 5.56. The Morgan fingerprint density at radius 2 is 1.71 bits per heavy atom. The molecule has 3 aromatic carbocycles. The maximum Gasteiger partial charge on any atom is 0.410 e. The SMILES string of the molecule is COc1cc(C2=CC3CCCC(C2)N3C(=O)OCC2c3ccccc3-c3ccccc32)ccc1F. The molecule has 2 heterocycles. The van der Waals surface area contributed by atoms with Crippen LogP contribution >= 0.6 is 0 Å². The standard InChI is InChI=1S/C30H28FNO3/c1-34-29-17-19(13-14-28(29)31)20-15-21-7-6-8-22(16-20)32(21)30(33)35-18-27-25-11-4-2-9-23(25)24-10-3-5-12-26(24)27/h2-5,9-15,17,21-22,27H,6-8,16,18H2,1H3. The van der Waals surface area contributed by atoms with Gasteiger partial charge in [-0.3, -0.25) is 4.90 Å². The van der Waals surface area contributed by atoms with E-state index in [0.29, 0.717) is 6.61 Å². The molecule has 5 heteroatoms. The van der Waals surface area contributed by atoms with Crippen LogP contribution in [0.1, 0.15) is 48.3 Å². The van der Waals surface area contributed by atoms with Crippen LogP contribution in [0.5, 0.6) is 5.75 Å². The van der Waals surface area contributed by atoms with E-state index in [9.17, 15) is 9.18 Å². The van der Waals surface area contributed by atoms with Crippen LogP contribution in [-0.2, 0) is 4.74 Å². The van der Waals surface area contributed by atoms with Crippen molar-refractivity contribution in [2.45, 2.75) is 43.7 Å². The third-order valence-electron chi connectivity index (χ3n) is 7.71. The van der Waals surface area contributed by atoms with Crippen molar-refractivity contribution in [1.29, 1.82) is 0 Å². The topological polar surface area (TPSA) is 38.8 Å². The van der Waals surface area contributed by atoms with Gasteiger partial charge in [0.15, 0.2) is 11.6 Å². The predicted molar refractivity (Wildman–Crippen MR) is 134 cm³/mol. The molecule has 0 aromatic heterocycles. The minimum atomic E-state index is -0.367. The molecule has 1 fully saturated rings. The monoisotopic (exact) mass is 469 g/mol. The number of rotatable bonds is 4. The van der Waals surface area contributed by atoms with Crippen LogP contribution in [0.2, 0.25) is 0 Å². The number of nitrogens with zero attached hydrogens (tertiary/aromatic N) is 1. The van der Waals surface area contributed by atoms with E-state index in [-0.39, 0.29) is 35.7 Å². The van der Waals surface area contributed by atoms with Crippen molar-refractivity contribution in [3.8, 4) is 16.9 Å². The van der Waals surface area contributed by atoms with E-state index in [1.54, 1.807) is 12.1 Å². The molecule has 35 heavy (non-hydrogen) atoms. The number of benzene rings is 3. The fourth-order valence-corrected chi connectivity index (χ4v) is 6.06.